The Morgan fingerprint density at radius 2 is 1.71 bits per heavy atom. The normalized spacial score (nSPS) is 12.1. The molecule has 28 heavy (non-hydrogen) atoms. The van der Waals surface area contributed by atoms with Gasteiger partial charge in [0.15, 0.2) is 11.5 Å². The predicted molar refractivity (Wildman–Crippen MR) is 111 cm³/mol. The second kappa shape index (κ2) is 8.17. The Balaban J connectivity index is 1.61. The van der Waals surface area contributed by atoms with Crippen LogP contribution in [0.5, 0.6) is 11.5 Å². The van der Waals surface area contributed by atoms with Crippen LogP contribution in [0.3, 0.4) is 0 Å². The van der Waals surface area contributed by atoms with Crippen molar-refractivity contribution in [3.63, 3.8) is 0 Å². The fourth-order valence-electron chi connectivity index (χ4n) is 3.21. The third-order valence-electron chi connectivity index (χ3n) is 4.76. The molecule has 1 aliphatic heterocycles. The first-order chi connectivity index (χ1) is 13.8. The zero-order chi connectivity index (χ0) is 19.3. The first-order valence-corrected chi connectivity index (χ1v) is 9.58. The molecule has 0 atom stereocenters. The Morgan fingerprint density at radius 1 is 0.929 bits per heavy atom. The van der Waals surface area contributed by atoms with Crippen LogP contribution in [0.25, 0.3) is 11.3 Å². The second-order valence-electron chi connectivity index (χ2n) is 6.51. The van der Waals surface area contributed by atoms with Crippen LogP contribution in [0, 0.1) is 0 Å². The van der Waals surface area contributed by atoms with E-state index in [4.69, 9.17) is 19.4 Å². The van der Waals surface area contributed by atoms with Crippen LogP contribution in [0.4, 0.5) is 11.8 Å². The van der Waals surface area contributed by atoms with Crippen LogP contribution in [0.1, 0.15) is 19.4 Å². The van der Waals surface area contributed by atoms with Gasteiger partial charge in [0.05, 0.1) is 5.69 Å². The van der Waals surface area contributed by atoms with Crippen LogP contribution in [-0.2, 0) is 6.54 Å². The molecule has 0 aliphatic carbocycles. The summed E-state index contributed by atoms with van der Waals surface area (Å²) in [6.07, 6.45) is 0. The fourth-order valence-corrected chi connectivity index (χ4v) is 3.21. The summed E-state index contributed by atoms with van der Waals surface area (Å²) in [5.41, 5.74) is 3.07. The van der Waals surface area contributed by atoms with Crippen molar-refractivity contribution < 1.29 is 9.47 Å². The maximum atomic E-state index is 5.46. The van der Waals surface area contributed by atoms with E-state index in [2.05, 4.69) is 36.2 Å². The van der Waals surface area contributed by atoms with Crippen molar-refractivity contribution in [1.29, 1.82) is 0 Å². The lowest BCUT2D eigenvalue weighted by molar-refractivity contribution is 0.174. The van der Waals surface area contributed by atoms with E-state index in [1.54, 1.807) is 0 Å². The quantitative estimate of drug-likeness (QED) is 0.662. The Kier molecular flexibility index (Phi) is 5.28. The van der Waals surface area contributed by atoms with Crippen molar-refractivity contribution in [2.75, 3.05) is 30.1 Å². The maximum absolute atomic E-state index is 5.46. The van der Waals surface area contributed by atoms with E-state index in [0.29, 0.717) is 12.5 Å². The maximum Gasteiger partial charge on any atom is 0.231 e. The van der Waals surface area contributed by atoms with E-state index in [9.17, 15) is 0 Å². The van der Waals surface area contributed by atoms with Crippen LogP contribution in [0.15, 0.2) is 54.6 Å². The molecule has 4 rings (SSSR count). The van der Waals surface area contributed by atoms with E-state index in [0.717, 1.165) is 47.2 Å². The van der Waals surface area contributed by atoms with E-state index in [1.807, 2.05) is 42.5 Å². The zero-order valence-electron chi connectivity index (χ0n) is 16.2. The lowest BCUT2D eigenvalue weighted by atomic mass is 10.1. The topological polar surface area (TPSA) is 59.5 Å². The van der Waals surface area contributed by atoms with Crippen LogP contribution in [0.2, 0.25) is 0 Å². The highest BCUT2D eigenvalue weighted by Crippen LogP contribution is 2.32. The lowest BCUT2D eigenvalue weighted by Crippen LogP contribution is -2.23. The van der Waals surface area contributed by atoms with Crippen LogP contribution >= 0.6 is 0 Å². The molecule has 0 saturated heterocycles. The molecule has 1 aromatic heterocycles. The number of aromatic nitrogens is 2. The van der Waals surface area contributed by atoms with Gasteiger partial charge in [0.1, 0.15) is 5.82 Å². The monoisotopic (exact) mass is 376 g/mol. The van der Waals surface area contributed by atoms with E-state index in [-0.39, 0.29) is 6.79 Å². The minimum Gasteiger partial charge on any atom is -0.454 e. The molecule has 0 fully saturated rings. The summed E-state index contributed by atoms with van der Waals surface area (Å²) in [6.45, 7) is 6.93. The molecule has 3 aromatic rings. The number of nitrogens with zero attached hydrogens (tertiary/aromatic N) is 3. The number of ether oxygens (including phenoxy) is 2. The van der Waals surface area contributed by atoms with Gasteiger partial charge in [0.25, 0.3) is 0 Å². The summed E-state index contributed by atoms with van der Waals surface area (Å²) in [6, 6.07) is 18.2. The molecule has 0 unspecified atom stereocenters. The highest BCUT2D eigenvalue weighted by Gasteiger charge is 2.14. The number of hydrogen-bond acceptors (Lipinski definition) is 6. The van der Waals surface area contributed by atoms with Crippen LogP contribution in [-0.4, -0.2) is 29.9 Å². The lowest BCUT2D eigenvalue weighted by Gasteiger charge is -2.21. The average Bonchev–Trinajstić information content (AvgIpc) is 3.22. The summed E-state index contributed by atoms with van der Waals surface area (Å²) in [5.74, 6) is 3.10. The van der Waals surface area contributed by atoms with Gasteiger partial charge in [-0.1, -0.05) is 36.4 Å². The van der Waals surface area contributed by atoms with Gasteiger partial charge < -0.3 is 19.7 Å². The van der Waals surface area contributed by atoms with Crippen molar-refractivity contribution in [3.05, 3.63) is 60.2 Å². The minimum absolute atomic E-state index is 0.279. The number of anilines is 2. The highest BCUT2D eigenvalue weighted by molar-refractivity contribution is 5.64. The molecule has 0 spiro atoms. The number of benzene rings is 2. The summed E-state index contributed by atoms with van der Waals surface area (Å²) in [4.78, 5) is 11.7. The molecule has 6 heteroatoms. The van der Waals surface area contributed by atoms with Crippen molar-refractivity contribution in [2.45, 2.75) is 20.4 Å². The average molecular weight is 376 g/mol. The molecule has 0 bridgehead atoms. The van der Waals surface area contributed by atoms with Crippen molar-refractivity contribution >= 4 is 11.8 Å². The largest absolute Gasteiger partial charge is 0.454 e. The summed E-state index contributed by atoms with van der Waals surface area (Å²) in [5, 5.41) is 3.36. The number of rotatable bonds is 7. The van der Waals surface area contributed by atoms with E-state index < -0.39 is 0 Å². The molecule has 2 heterocycles. The summed E-state index contributed by atoms with van der Waals surface area (Å²) < 4.78 is 10.8. The van der Waals surface area contributed by atoms with Gasteiger partial charge in [-0.3, -0.25) is 0 Å². The number of nitrogens with one attached hydrogen (secondary N) is 1. The molecule has 0 radical (unpaired) electrons. The Hall–Kier alpha value is -3.28. The minimum atomic E-state index is 0.279. The molecule has 2 aromatic carbocycles. The molecular weight excluding hydrogens is 352 g/mol. The SMILES string of the molecule is CCN(CC)c1cc(-c2ccccc2)nc(NCc2ccc3c(c2)OCO3)n1. The van der Waals surface area contributed by atoms with Gasteiger partial charge >= 0.3 is 0 Å². The van der Waals surface area contributed by atoms with Gasteiger partial charge in [-0.2, -0.15) is 4.98 Å². The molecule has 6 nitrogen and oxygen atoms in total. The third kappa shape index (κ3) is 3.86. The Labute approximate surface area is 165 Å². The zero-order valence-corrected chi connectivity index (χ0v) is 16.2. The molecule has 1 N–H and O–H groups in total. The molecule has 0 saturated carbocycles. The van der Waals surface area contributed by atoms with Gasteiger partial charge in [0.2, 0.25) is 12.7 Å². The Morgan fingerprint density at radius 3 is 2.50 bits per heavy atom. The van der Waals surface area contributed by atoms with Gasteiger partial charge in [0, 0.05) is 31.3 Å². The van der Waals surface area contributed by atoms with Crippen molar-refractivity contribution in [1.82, 2.24) is 9.97 Å². The number of fused-ring (bicyclic) bond motifs is 1. The second-order valence-corrected chi connectivity index (χ2v) is 6.51. The molecule has 144 valence electrons. The van der Waals surface area contributed by atoms with Crippen molar-refractivity contribution in [3.8, 4) is 22.8 Å². The van der Waals surface area contributed by atoms with E-state index in [1.165, 1.54) is 0 Å². The highest BCUT2D eigenvalue weighted by atomic mass is 16.7. The Bertz CT molecular complexity index is 943. The van der Waals surface area contributed by atoms with Crippen molar-refractivity contribution in [2.24, 2.45) is 0 Å². The van der Waals surface area contributed by atoms with Gasteiger partial charge in [-0.15, -0.1) is 0 Å². The molecule has 0 amide bonds. The van der Waals surface area contributed by atoms with Gasteiger partial charge in [-0.25, -0.2) is 4.98 Å². The molecule has 1 aliphatic rings. The summed E-state index contributed by atoms with van der Waals surface area (Å²) >= 11 is 0. The summed E-state index contributed by atoms with van der Waals surface area (Å²) in [7, 11) is 0. The van der Waals surface area contributed by atoms with E-state index >= 15 is 0 Å². The predicted octanol–water partition coefficient (Wildman–Crippen LogP) is 4.33. The molecular formula is C22H24N4O2. The fraction of sp³-hybridized carbons (Fsp3) is 0.273. The number of hydrogen-bond donors (Lipinski definition) is 1. The first kappa shape index (κ1) is 18.1. The third-order valence-corrected chi connectivity index (χ3v) is 4.76. The standard InChI is InChI=1S/C22H24N4O2/c1-3-26(4-2)21-13-18(17-8-6-5-7-9-17)24-22(25-21)23-14-16-10-11-19-20(12-16)28-15-27-19/h5-13H,3-4,14-15H2,1-2H3,(H,23,24,25). The van der Waals surface area contributed by atoms with Crippen LogP contribution < -0.4 is 19.7 Å². The smallest absolute Gasteiger partial charge is 0.231 e. The first-order valence-electron chi connectivity index (χ1n) is 9.58. The van der Waals surface area contributed by atoms with Gasteiger partial charge in [-0.05, 0) is 31.5 Å².